The first kappa shape index (κ1) is 29.1. The maximum atomic E-state index is 13.0. The summed E-state index contributed by atoms with van der Waals surface area (Å²) in [7, 11) is 0. The molecule has 208 valence electrons. The Balaban J connectivity index is 1.57. The van der Waals surface area contributed by atoms with E-state index in [9.17, 15) is 33.3 Å². The van der Waals surface area contributed by atoms with Crippen LogP contribution in [-0.4, -0.2) is 15.4 Å². The molecule has 0 bridgehead atoms. The van der Waals surface area contributed by atoms with Gasteiger partial charge >= 0.3 is 11.9 Å². The fraction of sp³-hybridized carbons (Fsp3) is 0.103. The number of nitrogens with zero attached hydrogens (tertiary/aromatic N) is 3. The molecule has 3 aromatic carbocycles. The summed E-state index contributed by atoms with van der Waals surface area (Å²) in [6.07, 6.45) is -3.24. The molecule has 0 aliphatic rings. The molecule has 0 spiro atoms. The molecule has 1 N–H and O–H groups in total. The van der Waals surface area contributed by atoms with E-state index in [0.29, 0.717) is 29.1 Å². The number of nitrogens with one attached hydrogen (secondary N) is 1. The molecule has 0 fully saturated rings. The normalized spacial score (nSPS) is 11.6. The second-order valence-electron chi connectivity index (χ2n) is 8.83. The van der Waals surface area contributed by atoms with Crippen molar-refractivity contribution in [2.45, 2.75) is 20.0 Å². The summed E-state index contributed by atoms with van der Waals surface area (Å²) in [6, 6.07) is 19.1. The Kier molecular flexibility index (Phi) is 8.30. The molecular weight excluding hydrogens is 605 g/mol. The van der Waals surface area contributed by atoms with Gasteiger partial charge in [0.25, 0.3) is 5.91 Å². The maximum Gasteiger partial charge on any atom is 0.416 e. The first-order chi connectivity index (χ1) is 19.4. The minimum absolute atomic E-state index is 0.0879. The maximum absolute atomic E-state index is 13.0. The molecule has 8 nitrogen and oxygen atoms in total. The average Bonchev–Trinajstić information content (AvgIpc) is 3.20. The Morgan fingerprint density at radius 3 is 2.32 bits per heavy atom. The molecule has 12 heteroatoms. The van der Waals surface area contributed by atoms with Gasteiger partial charge in [-0.1, -0.05) is 15.9 Å². The zero-order chi connectivity index (χ0) is 29.9. The van der Waals surface area contributed by atoms with E-state index in [-0.39, 0.29) is 17.1 Å². The van der Waals surface area contributed by atoms with Gasteiger partial charge in [-0.05, 0) is 92.2 Å². The highest BCUT2D eigenvalue weighted by atomic mass is 79.9. The number of carbonyl (C=O) groups is 1. The number of benzene rings is 3. The Bertz CT molecular complexity index is 1700. The number of nitro groups is 1. The monoisotopic (exact) mass is 624 g/mol. The lowest BCUT2D eigenvalue weighted by Gasteiger charge is -2.12. The van der Waals surface area contributed by atoms with Crippen LogP contribution >= 0.6 is 15.9 Å². The molecule has 0 unspecified atom stereocenters. The molecule has 41 heavy (non-hydrogen) atoms. The van der Waals surface area contributed by atoms with E-state index in [1.807, 2.05) is 30.6 Å². The molecule has 1 heterocycles. The lowest BCUT2D eigenvalue weighted by atomic mass is 10.1. The van der Waals surface area contributed by atoms with Gasteiger partial charge in [-0.2, -0.15) is 18.4 Å². The van der Waals surface area contributed by atoms with Crippen LogP contribution in [-0.2, 0) is 11.0 Å². The predicted molar refractivity (Wildman–Crippen MR) is 150 cm³/mol. The minimum Gasteiger partial charge on any atom is -0.450 e. The van der Waals surface area contributed by atoms with Crippen molar-refractivity contribution in [1.29, 1.82) is 5.26 Å². The number of amides is 1. The van der Waals surface area contributed by atoms with E-state index in [1.165, 1.54) is 18.2 Å². The second-order valence-corrected chi connectivity index (χ2v) is 9.74. The van der Waals surface area contributed by atoms with Gasteiger partial charge in [0, 0.05) is 33.3 Å². The number of nitriles is 1. The van der Waals surface area contributed by atoms with Gasteiger partial charge in [-0.25, -0.2) is 0 Å². The molecule has 0 saturated carbocycles. The van der Waals surface area contributed by atoms with Crippen LogP contribution in [0.3, 0.4) is 0 Å². The summed E-state index contributed by atoms with van der Waals surface area (Å²) in [5.74, 6) is -0.712. The highest BCUT2D eigenvalue weighted by Crippen LogP contribution is 2.38. The summed E-state index contributed by atoms with van der Waals surface area (Å²) >= 11 is 3.33. The van der Waals surface area contributed by atoms with Gasteiger partial charge < -0.3 is 14.6 Å². The van der Waals surface area contributed by atoms with Crippen LogP contribution < -0.4 is 10.1 Å². The van der Waals surface area contributed by atoms with Crippen molar-refractivity contribution in [3.05, 3.63) is 115 Å². The summed E-state index contributed by atoms with van der Waals surface area (Å²) in [6.45, 7) is 3.66. The third-order valence-corrected chi connectivity index (χ3v) is 6.57. The van der Waals surface area contributed by atoms with Crippen molar-refractivity contribution >= 4 is 39.3 Å². The molecule has 0 aliphatic heterocycles. The van der Waals surface area contributed by atoms with Gasteiger partial charge in [-0.3, -0.25) is 14.9 Å². The van der Waals surface area contributed by atoms with Crippen LogP contribution in [0.5, 0.6) is 11.5 Å². The van der Waals surface area contributed by atoms with Crippen molar-refractivity contribution in [3.63, 3.8) is 0 Å². The molecule has 4 aromatic rings. The van der Waals surface area contributed by atoms with E-state index in [4.69, 9.17) is 4.74 Å². The third-order valence-electron chi connectivity index (χ3n) is 6.04. The number of ether oxygens (including phenoxy) is 1. The van der Waals surface area contributed by atoms with Crippen LogP contribution in [0.2, 0.25) is 0 Å². The SMILES string of the molecule is Cc1cc(/C=C(/C#N)C(=O)Nc2ccc(Br)cc2)c(C)n1-c1ccc(Oc2ccc(C(F)(F)F)cc2[N+](=O)[O-])cc1. The Labute approximate surface area is 240 Å². The van der Waals surface area contributed by atoms with E-state index in [2.05, 4.69) is 21.2 Å². The lowest BCUT2D eigenvalue weighted by Crippen LogP contribution is -2.13. The average molecular weight is 625 g/mol. The zero-order valence-corrected chi connectivity index (χ0v) is 23.1. The first-order valence-corrected chi connectivity index (χ1v) is 12.7. The van der Waals surface area contributed by atoms with Crippen LogP contribution in [0.15, 0.2) is 82.8 Å². The fourth-order valence-electron chi connectivity index (χ4n) is 4.08. The Morgan fingerprint density at radius 2 is 1.73 bits per heavy atom. The number of alkyl halides is 3. The molecule has 1 aromatic heterocycles. The molecule has 1 amide bonds. The van der Waals surface area contributed by atoms with Gasteiger partial charge in [0.1, 0.15) is 17.4 Å². The van der Waals surface area contributed by atoms with Crippen molar-refractivity contribution in [3.8, 4) is 23.3 Å². The highest BCUT2D eigenvalue weighted by Gasteiger charge is 2.33. The fourth-order valence-corrected chi connectivity index (χ4v) is 4.34. The molecule has 0 radical (unpaired) electrons. The predicted octanol–water partition coefficient (Wildman–Crippen LogP) is 8.12. The van der Waals surface area contributed by atoms with Crippen molar-refractivity contribution in [1.82, 2.24) is 4.57 Å². The van der Waals surface area contributed by atoms with Crippen LogP contribution in [0.1, 0.15) is 22.5 Å². The first-order valence-electron chi connectivity index (χ1n) is 11.9. The Hall–Kier alpha value is -4.89. The third kappa shape index (κ3) is 6.64. The van der Waals surface area contributed by atoms with Crippen LogP contribution in [0.4, 0.5) is 24.5 Å². The van der Waals surface area contributed by atoms with Crippen LogP contribution in [0.25, 0.3) is 11.8 Å². The smallest absolute Gasteiger partial charge is 0.416 e. The van der Waals surface area contributed by atoms with Gasteiger partial charge in [-0.15, -0.1) is 0 Å². The lowest BCUT2D eigenvalue weighted by molar-refractivity contribution is -0.385. The summed E-state index contributed by atoms with van der Waals surface area (Å²) in [5.41, 5.74) is 1.35. The number of halogens is 4. The molecular formula is C29H20BrF3N4O4. The standard InChI is InChI=1S/C29H20BrF3N4O4/c1-17-13-19(14-20(16-34)28(38)35-23-6-4-22(30)5-7-23)18(2)36(17)24-8-10-25(11-9-24)41-27-12-3-21(29(31,32)33)15-26(27)37(39)40/h3-15H,1-2H3,(H,35,38)/b20-14-. The topological polar surface area (TPSA) is 110 Å². The highest BCUT2D eigenvalue weighted by molar-refractivity contribution is 9.10. The number of hydrogen-bond acceptors (Lipinski definition) is 5. The molecule has 0 saturated heterocycles. The minimum atomic E-state index is -4.73. The molecule has 4 rings (SSSR count). The largest absolute Gasteiger partial charge is 0.450 e. The number of hydrogen-bond donors (Lipinski definition) is 1. The van der Waals surface area contributed by atoms with Crippen molar-refractivity contribution in [2.24, 2.45) is 0 Å². The van der Waals surface area contributed by atoms with E-state index >= 15 is 0 Å². The van der Waals surface area contributed by atoms with Crippen molar-refractivity contribution < 1.29 is 27.6 Å². The summed E-state index contributed by atoms with van der Waals surface area (Å²) in [5, 5.41) is 23.7. The van der Waals surface area contributed by atoms with Gasteiger partial charge in [0.15, 0.2) is 0 Å². The number of carbonyl (C=O) groups excluding carboxylic acids is 1. The van der Waals surface area contributed by atoms with Gasteiger partial charge in [0.2, 0.25) is 5.75 Å². The number of rotatable bonds is 7. The number of anilines is 1. The van der Waals surface area contributed by atoms with E-state index < -0.39 is 28.3 Å². The number of aromatic nitrogens is 1. The zero-order valence-electron chi connectivity index (χ0n) is 21.5. The quantitative estimate of drug-likeness (QED) is 0.0966. The molecule has 0 aliphatic carbocycles. The van der Waals surface area contributed by atoms with E-state index in [0.717, 1.165) is 21.9 Å². The summed E-state index contributed by atoms with van der Waals surface area (Å²) < 4.78 is 47.2. The number of aryl methyl sites for hydroxylation is 1. The van der Waals surface area contributed by atoms with E-state index in [1.54, 1.807) is 36.4 Å². The van der Waals surface area contributed by atoms with Gasteiger partial charge in [0.05, 0.1) is 10.5 Å². The van der Waals surface area contributed by atoms with Crippen molar-refractivity contribution in [2.75, 3.05) is 5.32 Å². The van der Waals surface area contributed by atoms with Crippen LogP contribution in [0, 0.1) is 35.3 Å². The molecule has 0 atom stereocenters. The number of nitro benzene ring substituents is 1. The summed E-state index contributed by atoms with van der Waals surface area (Å²) in [4.78, 5) is 23.1. The second kappa shape index (κ2) is 11.7. The Morgan fingerprint density at radius 1 is 1.07 bits per heavy atom.